The molecule has 2 atom stereocenters. The zero-order valence-corrected chi connectivity index (χ0v) is 12.7. The number of thioether (sulfide) groups is 1. The number of benzene rings is 1. The number of fused-ring (bicyclic) bond motifs is 1. The summed E-state index contributed by atoms with van der Waals surface area (Å²) < 4.78 is 7.10. The minimum Gasteiger partial charge on any atom is -0.488 e. The number of rotatable bonds is 3. The van der Waals surface area contributed by atoms with Crippen LogP contribution in [-0.2, 0) is 6.42 Å². The van der Waals surface area contributed by atoms with Crippen molar-refractivity contribution in [1.82, 2.24) is 5.32 Å². The average molecular weight is 328 g/mol. The van der Waals surface area contributed by atoms with E-state index < -0.39 is 0 Å². The van der Waals surface area contributed by atoms with Crippen LogP contribution in [0.2, 0.25) is 0 Å². The monoisotopic (exact) mass is 327 g/mol. The minimum atomic E-state index is 0.307. The Hall–Kier alpha value is -0.190. The molecule has 98 valence electrons. The van der Waals surface area contributed by atoms with E-state index in [2.05, 4.69) is 45.1 Å². The molecule has 4 heteroatoms. The number of halogens is 1. The van der Waals surface area contributed by atoms with Gasteiger partial charge in [-0.1, -0.05) is 15.9 Å². The zero-order chi connectivity index (χ0) is 12.4. The molecular weight excluding hydrogens is 310 g/mol. The fraction of sp³-hybridized carbons (Fsp3) is 0.571. The SMILES string of the molecule is Brc1ccc2c(c1)CC(CNC1CCCSC1)O2. The Bertz CT molecular complexity index is 420. The third-order valence-electron chi connectivity index (χ3n) is 3.56. The molecule has 1 fully saturated rings. The maximum Gasteiger partial charge on any atom is 0.123 e. The molecule has 2 heterocycles. The van der Waals surface area contributed by atoms with Gasteiger partial charge in [0.25, 0.3) is 0 Å². The van der Waals surface area contributed by atoms with Crippen LogP contribution in [-0.4, -0.2) is 30.2 Å². The summed E-state index contributed by atoms with van der Waals surface area (Å²) in [4.78, 5) is 0. The molecule has 1 N–H and O–H groups in total. The van der Waals surface area contributed by atoms with E-state index in [4.69, 9.17) is 4.74 Å². The van der Waals surface area contributed by atoms with Crippen LogP contribution in [0, 0.1) is 0 Å². The Kier molecular flexibility index (Phi) is 4.16. The van der Waals surface area contributed by atoms with Gasteiger partial charge in [-0.15, -0.1) is 0 Å². The van der Waals surface area contributed by atoms with Gasteiger partial charge in [0.2, 0.25) is 0 Å². The highest BCUT2D eigenvalue weighted by Gasteiger charge is 2.24. The molecule has 1 saturated heterocycles. The summed E-state index contributed by atoms with van der Waals surface area (Å²) in [6, 6.07) is 6.97. The third-order valence-corrected chi connectivity index (χ3v) is 5.27. The first-order valence-corrected chi connectivity index (χ1v) is 8.52. The lowest BCUT2D eigenvalue weighted by atomic mass is 10.1. The molecule has 0 spiro atoms. The lowest BCUT2D eigenvalue weighted by Gasteiger charge is -2.24. The van der Waals surface area contributed by atoms with Crippen LogP contribution >= 0.6 is 27.7 Å². The lowest BCUT2D eigenvalue weighted by Crippen LogP contribution is -2.40. The van der Waals surface area contributed by atoms with Crippen molar-refractivity contribution < 1.29 is 4.74 Å². The highest BCUT2D eigenvalue weighted by atomic mass is 79.9. The van der Waals surface area contributed by atoms with Crippen LogP contribution in [0.3, 0.4) is 0 Å². The van der Waals surface area contributed by atoms with Crippen molar-refractivity contribution in [2.45, 2.75) is 31.4 Å². The van der Waals surface area contributed by atoms with Gasteiger partial charge in [0.15, 0.2) is 0 Å². The molecule has 0 amide bonds. The molecule has 0 radical (unpaired) electrons. The molecule has 0 aromatic heterocycles. The summed E-state index contributed by atoms with van der Waals surface area (Å²) in [5.41, 5.74) is 1.33. The van der Waals surface area contributed by atoms with Crippen molar-refractivity contribution in [2.75, 3.05) is 18.1 Å². The van der Waals surface area contributed by atoms with E-state index in [1.165, 1.54) is 29.9 Å². The standard InChI is InChI=1S/C14H18BrNOS/c15-11-3-4-14-10(6-11)7-13(17-14)8-16-12-2-1-5-18-9-12/h3-4,6,12-13,16H,1-2,5,7-9H2. The van der Waals surface area contributed by atoms with Gasteiger partial charge in [-0.25, -0.2) is 0 Å². The maximum absolute atomic E-state index is 5.96. The summed E-state index contributed by atoms with van der Waals surface area (Å²) >= 11 is 5.58. The first kappa shape index (κ1) is 12.8. The summed E-state index contributed by atoms with van der Waals surface area (Å²) in [6.07, 6.45) is 4.00. The number of hydrogen-bond acceptors (Lipinski definition) is 3. The summed E-state index contributed by atoms with van der Waals surface area (Å²) in [5, 5.41) is 3.66. The van der Waals surface area contributed by atoms with E-state index in [-0.39, 0.29) is 0 Å². The fourth-order valence-corrected chi connectivity index (χ4v) is 4.12. The largest absolute Gasteiger partial charge is 0.488 e. The van der Waals surface area contributed by atoms with Gasteiger partial charge in [-0.05, 0) is 42.4 Å². The Morgan fingerprint density at radius 2 is 2.39 bits per heavy atom. The number of ether oxygens (including phenoxy) is 1. The van der Waals surface area contributed by atoms with Crippen molar-refractivity contribution >= 4 is 27.7 Å². The first-order chi connectivity index (χ1) is 8.81. The van der Waals surface area contributed by atoms with Gasteiger partial charge in [-0.3, -0.25) is 0 Å². The normalized spacial score (nSPS) is 26.7. The van der Waals surface area contributed by atoms with Gasteiger partial charge in [0.05, 0.1) is 0 Å². The molecule has 0 bridgehead atoms. The van der Waals surface area contributed by atoms with E-state index in [9.17, 15) is 0 Å². The second-order valence-electron chi connectivity index (χ2n) is 5.02. The molecule has 0 aliphatic carbocycles. The minimum absolute atomic E-state index is 0.307. The van der Waals surface area contributed by atoms with Crippen molar-refractivity contribution in [3.8, 4) is 5.75 Å². The lowest BCUT2D eigenvalue weighted by molar-refractivity contribution is 0.221. The van der Waals surface area contributed by atoms with Crippen molar-refractivity contribution in [3.05, 3.63) is 28.2 Å². The molecule has 2 aliphatic rings. The first-order valence-electron chi connectivity index (χ1n) is 6.57. The quantitative estimate of drug-likeness (QED) is 0.920. The highest BCUT2D eigenvalue weighted by Crippen LogP contribution is 2.31. The van der Waals surface area contributed by atoms with Crippen LogP contribution in [0.25, 0.3) is 0 Å². The molecular formula is C14H18BrNOS. The fourth-order valence-electron chi connectivity index (χ4n) is 2.60. The summed E-state index contributed by atoms with van der Waals surface area (Å²) in [7, 11) is 0. The van der Waals surface area contributed by atoms with Crippen LogP contribution < -0.4 is 10.1 Å². The van der Waals surface area contributed by atoms with Crippen molar-refractivity contribution in [2.24, 2.45) is 0 Å². The van der Waals surface area contributed by atoms with Crippen LogP contribution in [0.5, 0.6) is 5.75 Å². The highest BCUT2D eigenvalue weighted by molar-refractivity contribution is 9.10. The van der Waals surface area contributed by atoms with Crippen LogP contribution in [0.15, 0.2) is 22.7 Å². The molecule has 1 aromatic carbocycles. The average Bonchev–Trinajstić information content (AvgIpc) is 2.79. The van der Waals surface area contributed by atoms with Gasteiger partial charge < -0.3 is 10.1 Å². The van der Waals surface area contributed by atoms with Gasteiger partial charge in [-0.2, -0.15) is 11.8 Å². The Balaban J connectivity index is 1.51. The van der Waals surface area contributed by atoms with Gasteiger partial charge >= 0.3 is 0 Å². The predicted molar refractivity (Wildman–Crippen MR) is 80.6 cm³/mol. The topological polar surface area (TPSA) is 21.3 Å². The van der Waals surface area contributed by atoms with Crippen LogP contribution in [0.4, 0.5) is 0 Å². The Morgan fingerprint density at radius 3 is 3.22 bits per heavy atom. The van der Waals surface area contributed by atoms with E-state index >= 15 is 0 Å². The molecule has 18 heavy (non-hydrogen) atoms. The summed E-state index contributed by atoms with van der Waals surface area (Å²) in [5.74, 6) is 3.64. The van der Waals surface area contributed by atoms with Gasteiger partial charge in [0.1, 0.15) is 11.9 Å². The molecule has 2 nitrogen and oxygen atoms in total. The predicted octanol–water partition coefficient (Wildman–Crippen LogP) is 3.24. The van der Waals surface area contributed by atoms with E-state index in [0.29, 0.717) is 12.1 Å². The Labute approximate surface area is 121 Å². The van der Waals surface area contributed by atoms with Crippen molar-refractivity contribution in [1.29, 1.82) is 0 Å². The Morgan fingerprint density at radius 1 is 1.44 bits per heavy atom. The summed E-state index contributed by atoms with van der Waals surface area (Å²) in [6.45, 7) is 0.970. The smallest absolute Gasteiger partial charge is 0.123 e. The zero-order valence-electron chi connectivity index (χ0n) is 10.3. The molecule has 3 rings (SSSR count). The third kappa shape index (κ3) is 3.03. The molecule has 2 aliphatic heterocycles. The maximum atomic E-state index is 5.96. The second-order valence-corrected chi connectivity index (χ2v) is 7.08. The van der Waals surface area contributed by atoms with E-state index in [1.54, 1.807) is 0 Å². The number of hydrogen-bond donors (Lipinski definition) is 1. The molecule has 1 aromatic rings. The van der Waals surface area contributed by atoms with E-state index in [0.717, 1.165) is 23.2 Å². The molecule has 0 saturated carbocycles. The number of nitrogens with one attached hydrogen (secondary N) is 1. The van der Waals surface area contributed by atoms with Crippen LogP contribution in [0.1, 0.15) is 18.4 Å². The molecule has 2 unspecified atom stereocenters. The van der Waals surface area contributed by atoms with E-state index in [1.807, 2.05) is 6.07 Å². The van der Waals surface area contributed by atoms with Crippen molar-refractivity contribution in [3.63, 3.8) is 0 Å². The second kappa shape index (κ2) is 5.85. The van der Waals surface area contributed by atoms with Gasteiger partial charge in [0, 0.05) is 29.2 Å².